The summed E-state index contributed by atoms with van der Waals surface area (Å²) in [6.45, 7) is 0.390. The Labute approximate surface area is 154 Å². The molecule has 2 aromatic carbocycles. The molecule has 2 aromatic heterocycles. The SMILES string of the molecule is FC(F)(F)c1ccc(CNc2c(-c3ccccc3)nc3ccccn23)cc1. The van der Waals surface area contributed by atoms with Gasteiger partial charge in [0.05, 0.1) is 5.56 Å². The predicted octanol–water partition coefficient (Wildman–Crippen LogP) is 5.63. The number of nitrogens with one attached hydrogen (secondary N) is 1. The summed E-state index contributed by atoms with van der Waals surface area (Å²) in [6.07, 6.45) is -2.42. The van der Waals surface area contributed by atoms with Crippen molar-refractivity contribution in [1.29, 1.82) is 0 Å². The smallest absolute Gasteiger partial charge is 0.365 e. The molecule has 0 aliphatic carbocycles. The van der Waals surface area contributed by atoms with Gasteiger partial charge < -0.3 is 5.32 Å². The standard InChI is InChI=1S/C21H16F3N3/c22-21(23,24)17-11-9-15(10-12-17)14-25-20-19(16-6-2-1-3-7-16)26-18-8-4-5-13-27(18)20/h1-13,25H,14H2. The summed E-state index contributed by atoms with van der Waals surface area (Å²) in [4.78, 5) is 4.69. The van der Waals surface area contributed by atoms with Crippen LogP contribution < -0.4 is 5.32 Å². The highest BCUT2D eigenvalue weighted by Gasteiger charge is 2.29. The Morgan fingerprint density at radius 1 is 0.852 bits per heavy atom. The fourth-order valence-electron chi connectivity index (χ4n) is 2.96. The quantitative estimate of drug-likeness (QED) is 0.506. The molecule has 3 nitrogen and oxygen atoms in total. The number of imidazole rings is 1. The lowest BCUT2D eigenvalue weighted by molar-refractivity contribution is -0.137. The van der Waals surface area contributed by atoms with Gasteiger partial charge in [0.2, 0.25) is 0 Å². The van der Waals surface area contributed by atoms with Gasteiger partial charge in [0, 0.05) is 18.3 Å². The molecule has 0 fully saturated rings. The average Bonchev–Trinajstić information content (AvgIpc) is 3.05. The molecule has 27 heavy (non-hydrogen) atoms. The fourth-order valence-corrected chi connectivity index (χ4v) is 2.96. The maximum atomic E-state index is 12.7. The van der Waals surface area contributed by atoms with E-state index in [9.17, 15) is 13.2 Å². The molecule has 1 N–H and O–H groups in total. The zero-order chi connectivity index (χ0) is 18.9. The lowest BCUT2D eigenvalue weighted by atomic mass is 10.1. The largest absolute Gasteiger partial charge is 0.416 e. The molecule has 2 heterocycles. The van der Waals surface area contributed by atoms with Gasteiger partial charge >= 0.3 is 6.18 Å². The minimum absolute atomic E-state index is 0.390. The van der Waals surface area contributed by atoms with Crippen molar-refractivity contribution < 1.29 is 13.2 Å². The second kappa shape index (κ2) is 6.79. The Bertz CT molecular complexity index is 1050. The van der Waals surface area contributed by atoms with Gasteiger partial charge in [-0.25, -0.2) is 4.98 Å². The van der Waals surface area contributed by atoms with Crippen molar-refractivity contribution in [3.05, 3.63) is 90.1 Å². The lowest BCUT2D eigenvalue weighted by Crippen LogP contribution is -2.06. The Morgan fingerprint density at radius 3 is 2.26 bits per heavy atom. The van der Waals surface area contributed by atoms with Crippen molar-refractivity contribution in [1.82, 2.24) is 9.38 Å². The summed E-state index contributed by atoms with van der Waals surface area (Å²) in [6, 6.07) is 20.7. The van der Waals surface area contributed by atoms with E-state index in [4.69, 9.17) is 4.98 Å². The number of halogens is 3. The zero-order valence-electron chi connectivity index (χ0n) is 14.2. The van der Waals surface area contributed by atoms with Crippen LogP contribution in [-0.4, -0.2) is 9.38 Å². The van der Waals surface area contributed by atoms with Crippen molar-refractivity contribution >= 4 is 11.5 Å². The number of anilines is 1. The monoisotopic (exact) mass is 367 g/mol. The molecule has 0 unspecified atom stereocenters. The summed E-state index contributed by atoms with van der Waals surface area (Å²) in [5, 5.41) is 3.33. The van der Waals surface area contributed by atoms with Crippen molar-refractivity contribution in [3.8, 4) is 11.3 Å². The van der Waals surface area contributed by atoms with Gasteiger partial charge in [-0.15, -0.1) is 0 Å². The molecule has 0 amide bonds. The third-order valence-corrected chi connectivity index (χ3v) is 4.32. The van der Waals surface area contributed by atoms with Crippen molar-refractivity contribution in [2.75, 3.05) is 5.32 Å². The van der Waals surface area contributed by atoms with Gasteiger partial charge in [0.15, 0.2) is 0 Å². The summed E-state index contributed by atoms with van der Waals surface area (Å²) in [5.74, 6) is 0.802. The van der Waals surface area contributed by atoms with Crippen LogP contribution in [0.3, 0.4) is 0 Å². The molecule has 0 saturated heterocycles. The highest BCUT2D eigenvalue weighted by atomic mass is 19.4. The molecular formula is C21H16F3N3. The van der Waals surface area contributed by atoms with Gasteiger partial charge in [0.1, 0.15) is 17.2 Å². The van der Waals surface area contributed by atoms with Crippen LogP contribution in [0.2, 0.25) is 0 Å². The van der Waals surface area contributed by atoms with Crippen LogP contribution in [0.5, 0.6) is 0 Å². The number of alkyl halides is 3. The van der Waals surface area contributed by atoms with E-state index in [2.05, 4.69) is 5.32 Å². The van der Waals surface area contributed by atoms with Crippen LogP contribution in [0.25, 0.3) is 16.9 Å². The molecule has 0 bridgehead atoms. The molecule has 136 valence electrons. The summed E-state index contributed by atoms with van der Waals surface area (Å²) < 4.78 is 40.1. The number of aromatic nitrogens is 2. The Kier molecular flexibility index (Phi) is 4.32. The summed E-state index contributed by atoms with van der Waals surface area (Å²) in [7, 11) is 0. The number of nitrogens with zero attached hydrogens (tertiary/aromatic N) is 2. The molecule has 4 aromatic rings. The van der Waals surface area contributed by atoms with E-state index in [1.807, 2.05) is 59.1 Å². The summed E-state index contributed by atoms with van der Waals surface area (Å²) in [5.41, 5.74) is 2.68. The number of fused-ring (bicyclic) bond motifs is 1. The first-order valence-electron chi connectivity index (χ1n) is 8.45. The first-order chi connectivity index (χ1) is 13.0. The van der Waals surface area contributed by atoms with E-state index in [1.54, 1.807) is 0 Å². The molecule has 0 saturated carbocycles. The maximum Gasteiger partial charge on any atom is 0.416 e. The van der Waals surface area contributed by atoms with Gasteiger partial charge in [0.25, 0.3) is 0 Å². The fraction of sp³-hybridized carbons (Fsp3) is 0.0952. The first-order valence-corrected chi connectivity index (χ1v) is 8.45. The molecule has 0 aliphatic heterocycles. The third-order valence-electron chi connectivity index (χ3n) is 4.32. The number of hydrogen-bond acceptors (Lipinski definition) is 2. The molecule has 4 rings (SSSR count). The number of hydrogen-bond donors (Lipinski definition) is 1. The van der Waals surface area contributed by atoms with Gasteiger partial charge in [-0.05, 0) is 29.8 Å². The molecular weight excluding hydrogens is 351 g/mol. The topological polar surface area (TPSA) is 29.3 Å². The Morgan fingerprint density at radius 2 is 1.56 bits per heavy atom. The molecule has 0 radical (unpaired) electrons. The first kappa shape index (κ1) is 17.1. The van der Waals surface area contributed by atoms with E-state index in [0.29, 0.717) is 6.54 Å². The van der Waals surface area contributed by atoms with Gasteiger partial charge in [-0.2, -0.15) is 13.2 Å². The van der Waals surface area contributed by atoms with Crippen LogP contribution in [0.1, 0.15) is 11.1 Å². The maximum absolute atomic E-state index is 12.7. The highest BCUT2D eigenvalue weighted by molar-refractivity contribution is 5.76. The van der Waals surface area contributed by atoms with Crippen molar-refractivity contribution in [2.24, 2.45) is 0 Å². The average molecular weight is 367 g/mol. The van der Waals surface area contributed by atoms with Crippen LogP contribution in [-0.2, 0) is 12.7 Å². The summed E-state index contributed by atoms with van der Waals surface area (Å²) >= 11 is 0. The van der Waals surface area contributed by atoms with Crippen LogP contribution >= 0.6 is 0 Å². The number of rotatable bonds is 4. The Hall–Kier alpha value is -3.28. The van der Waals surface area contributed by atoms with E-state index in [1.165, 1.54) is 12.1 Å². The van der Waals surface area contributed by atoms with Crippen LogP contribution in [0, 0.1) is 0 Å². The van der Waals surface area contributed by atoms with Crippen LogP contribution in [0.15, 0.2) is 79.0 Å². The predicted molar refractivity (Wildman–Crippen MR) is 99.4 cm³/mol. The van der Waals surface area contributed by atoms with E-state index < -0.39 is 11.7 Å². The molecule has 0 spiro atoms. The highest BCUT2D eigenvalue weighted by Crippen LogP contribution is 2.30. The van der Waals surface area contributed by atoms with E-state index in [0.717, 1.165) is 40.4 Å². The second-order valence-electron chi connectivity index (χ2n) is 6.15. The minimum Gasteiger partial charge on any atom is -0.365 e. The second-order valence-corrected chi connectivity index (χ2v) is 6.15. The molecule has 0 aliphatic rings. The van der Waals surface area contributed by atoms with E-state index in [-0.39, 0.29) is 0 Å². The molecule has 6 heteroatoms. The minimum atomic E-state index is -4.33. The lowest BCUT2D eigenvalue weighted by Gasteiger charge is -2.11. The Balaban J connectivity index is 1.65. The van der Waals surface area contributed by atoms with Crippen LogP contribution in [0.4, 0.5) is 19.0 Å². The van der Waals surface area contributed by atoms with E-state index >= 15 is 0 Å². The third kappa shape index (κ3) is 3.51. The van der Waals surface area contributed by atoms with Gasteiger partial charge in [-0.1, -0.05) is 48.5 Å². The normalized spacial score (nSPS) is 11.7. The van der Waals surface area contributed by atoms with Crippen molar-refractivity contribution in [2.45, 2.75) is 12.7 Å². The number of pyridine rings is 1. The van der Waals surface area contributed by atoms with Crippen molar-refractivity contribution in [3.63, 3.8) is 0 Å². The zero-order valence-corrected chi connectivity index (χ0v) is 14.2. The van der Waals surface area contributed by atoms with Gasteiger partial charge in [-0.3, -0.25) is 4.40 Å². The molecule has 0 atom stereocenters. The number of benzene rings is 2.